The summed E-state index contributed by atoms with van der Waals surface area (Å²) >= 11 is 0. The number of carbonyl (C=O) groups excluding carboxylic acids is 2. The topological polar surface area (TPSA) is 55.4 Å². The highest BCUT2D eigenvalue weighted by Gasteiger charge is 2.21. The zero-order chi connectivity index (χ0) is 15.2. The molecule has 100 valence electrons. The van der Waals surface area contributed by atoms with E-state index in [0.29, 0.717) is 5.56 Å². The van der Waals surface area contributed by atoms with Gasteiger partial charge in [-0.1, -0.05) is 17.7 Å². The minimum absolute atomic E-state index is 0.116. The summed E-state index contributed by atoms with van der Waals surface area (Å²) in [5, 5.41) is 2.33. The lowest BCUT2D eigenvalue weighted by Crippen LogP contribution is -2.41. The van der Waals surface area contributed by atoms with E-state index in [1.54, 1.807) is 31.2 Å². The van der Waals surface area contributed by atoms with E-state index < -0.39 is 17.9 Å². The molecule has 1 atom stereocenters. The van der Waals surface area contributed by atoms with Gasteiger partial charge in [0.15, 0.2) is 0 Å². The largest absolute Gasteiger partial charge is 0.464 e. The van der Waals surface area contributed by atoms with Crippen LogP contribution in [0, 0.1) is 19.3 Å². The van der Waals surface area contributed by atoms with Crippen LogP contribution in [0.1, 0.15) is 30.6 Å². The van der Waals surface area contributed by atoms with E-state index in [1.807, 2.05) is 6.92 Å². The first-order valence-electron chi connectivity index (χ1n) is 6.43. The zero-order valence-electron chi connectivity index (χ0n) is 12.0. The molecule has 1 rings (SSSR count). The van der Waals surface area contributed by atoms with Gasteiger partial charge in [0, 0.05) is 12.0 Å². The van der Waals surface area contributed by atoms with Gasteiger partial charge in [0.2, 0.25) is 0 Å². The summed E-state index contributed by atoms with van der Waals surface area (Å²) in [6.07, 6.45) is 4.89. The number of amides is 1. The maximum atomic E-state index is 12.0. The molecule has 0 fully saturated rings. The fourth-order valence-electron chi connectivity index (χ4n) is 1.40. The minimum atomic E-state index is -1.97. The van der Waals surface area contributed by atoms with Gasteiger partial charge in [-0.3, -0.25) is 4.79 Å². The van der Waals surface area contributed by atoms with Crippen LogP contribution in [0.5, 0.6) is 0 Å². The van der Waals surface area contributed by atoms with Crippen molar-refractivity contribution in [2.45, 2.75) is 26.3 Å². The van der Waals surface area contributed by atoms with E-state index >= 15 is 0 Å². The summed E-state index contributed by atoms with van der Waals surface area (Å²) in [6.45, 7) is 3.63. The Balaban J connectivity index is 2.90. The second kappa shape index (κ2) is 7.22. The Hall–Kier alpha value is -2.28. The molecule has 0 spiro atoms. The molecular weight excluding hydrogens is 242 g/mol. The molecule has 1 aromatic carbocycles. The second-order valence-corrected chi connectivity index (χ2v) is 3.90. The molecule has 1 N–H and O–H groups in total. The summed E-state index contributed by atoms with van der Waals surface area (Å²) in [5.74, 6) is 0.809. The quantitative estimate of drug-likeness (QED) is 0.647. The maximum absolute atomic E-state index is 12.0. The molecule has 19 heavy (non-hydrogen) atoms. The smallest absolute Gasteiger partial charge is 0.329 e. The van der Waals surface area contributed by atoms with Crippen molar-refractivity contribution in [1.82, 2.24) is 5.32 Å². The minimum Gasteiger partial charge on any atom is -0.464 e. The van der Waals surface area contributed by atoms with E-state index in [4.69, 9.17) is 12.5 Å². The summed E-state index contributed by atoms with van der Waals surface area (Å²) in [5.41, 5.74) is 1.36. The highest BCUT2D eigenvalue weighted by Crippen LogP contribution is 2.04. The van der Waals surface area contributed by atoms with Gasteiger partial charge >= 0.3 is 5.97 Å². The molecule has 1 aromatic rings. The van der Waals surface area contributed by atoms with Gasteiger partial charge in [-0.2, -0.15) is 0 Å². The number of esters is 1. The number of aryl methyl sites for hydroxylation is 1. The van der Waals surface area contributed by atoms with Crippen LogP contribution in [0.25, 0.3) is 0 Å². The highest BCUT2D eigenvalue weighted by atomic mass is 16.5. The van der Waals surface area contributed by atoms with Gasteiger partial charge in [-0.15, -0.1) is 12.3 Å². The van der Waals surface area contributed by atoms with Crippen molar-refractivity contribution in [3.05, 3.63) is 35.4 Å². The van der Waals surface area contributed by atoms with Gasteiger partial charge in [-0.05, 0) is 26.0 Å². The summed E-state index contributed by atoms with van der Waals surface area (Å²) in [6, 6.07) is 4.81. The van der Waals surface area contributed by atoms with Gasteiger partial charge in [0.05, 0.1) is 7.98 Å². The average Bonchev–Trinajstić information content (AvgIpc) is 2.39. The summed E-state index contributed by atoms with van der Waals surface area (Å²) in [4.78, 5) is 23.8. The Morgan fingerprint density at radius 3 is 2.63 bits per heavy atom. The molecule has 0 unspecified atom stereocenters. The van der Waals surface area contributed by atoms with Crippen LogP contribution in [-0.2, 0) is 9.53 Å². The summed E-state index contributed by atoms with van der Waals surface area (Å²) < 4.78 is 12.8. The number of ether oxygens (including phenoxy) is 1. The van der Waals surface area contributed by atoms with Gasteiger partial charge in [0.1, 0.15) is 6.02 Å². The molecule has 4 nitrogen and oxygen atoms in total. The number of terminal acetylenes is 1. The molecule has 0 aromatic heterocycles. The fourth-order valence-corrected chi connectivity index (χ4v) is 1.40. The molecule has 0 bridgehead atoms. The third-order valence-electron chi connectivity index (χ3n) is 2.38. The predicted molar refractivity (Wildman–Crippen MR) is 72.5 cm³/mol. The van der Waals surface area contributed by atoms with E-state index in [0.717, 1.165) is 5.56 Å². The molecule has 0 radical (unpaired) electrons. The van der Waals surface area contributed by atoms with E-state index in [-0.39, 0.29) is 13.0 Å². The van der Waals surface area contributed by atoms with Crippen LogP contribution >= 0.6 is 0 Å². The van der Waals surface area contributed by atoms with Crippen molar-refractivity contribution in [2.75, 3.05) is 6.61 Å². The molecule has 0 saturated carbocycles. The molecule has 0 aliphatic carbocycles. The molecule has 0 saturated heterocycles. The monoisotopic (exact) mass is 260 g/mol. The van der Waals surface area contributed by atoms with Crippen molar-refractivity contribution in [3.8, 4) is 12.3 Å². The Morgan fingerprint density at radius 2 is 2.11 bits per heavy atom. The van der Waals surface area contributed by atoms with Crippen LogP contribution in [0.4, 0.5) is 0 Å². The first-order chi connectivity index (χ1) is 9.42. The Morgan fingerprint density at radius 1 is 1.47 bits per heavy atom. The van der Waals surface area contributed by atoms with Gasteiger partial charge in [0.25, 0.3) is 5.91 Å². The highest BCUT2D eigenvalue weighted by molar-refractivity contribution is 5.96. The SMILES string of the molecule is [2H][C@@](CC#C)(NC(=O)c1ccc(C)cc1)C(=O)OCC. The number of carbonyl (C=O) groups is 2. The molecule has 1 amide bonds. The van der Waals surface area contributed by atoms with Crippen LogP contribution < -0.4 is 5.32 Å². The maximum Gasteiger partial charge on any atom is 0.329 e. The Kier molecular flexibility index (Phi) is 5.00. The molecule has 4 heteroatoms. The lowest BCUT2D eigenvalue weighted by Gasteiger charge is -2.15. The Labute approximate surface area is 114 Å². The lowest BCUT2D eigenvalue weighted by molar-refractivity contribution is -0.145. The van der Waals surface area contributed by atoms with Crippen LogP contribution in [0.15, 0.2) is 24.3 Å². The average molecular weight is 260 g/mol. The third kappa shape index (κ3) is 4.47. The summed E-state index contributed by atoms with van der Waals surface area (Å²) in [7, 11) is 0. The van der Waals surface area contributed by atoms with Crippen molar-refractivity contribution < 1.29 is 15.7 Å². The van der Waals surface area contributed by atoms with Crippen molar-refractivity contribution >= 4 is 11.9 Å². The number of nitrogens with one attached hydrogen (secondary N) is 1. The van der Waals surface area contributed by atoms with Gasteiger partial charge < -0.3 is 10.1 Å². The predicted octanol–water partition coefficient (Wildman–Crippen LogP) is 1.68. The van der Waals surface area contributed by atoms with E-state index in [1.165, 1.54) is 0 Å². The molecule has 0 heterocycles. The zero-order valence-corrected chi connectivity index (χ0v) is 11.0. The third-order valence-corrected chi connectivity index (χ3v) is 2.38. The Bertz CT molecular complexity index is 533. The number of rotatable bonds is 5. The van der Waals surface area contributed by atoms with Gasteiger partial charge in [-0.25, -0.2) is 4.79 Å². The first kappa shape index (κ1) is 13.2. The van der Waals surface area contributed by atoms with Crippen molar-refractivity contribution in [1.29, 1.82) is 0 Å². The van der Waals surface area contributed by atoms with Crippen LogP contribution in [0.3, 0.4) is 0 Å². The fraction of sp³-hybridized carbons (Fsp3) is 0.333. The van der Waals surface area contributed by atoms with E-state index in [2.05, 4.69) is 11.2 Å². The number of benzene rings is 1. The molecule has 0 aliphatic heterocycles. The molecule has 0 aliphatic rings. The molecular formula is C15H17NO3. The van der Waals surface area contributed by atoms with E-state index in [9.17, 15) is 9.59 Å². The van der Waals surface area contributed by atoms with Crippen molar-refractivity contribution in [2.24, 2.45) is 0 Å². The van der Waals surface area contributed by atoms with Crippen molar-refractivity contribution in [3.63, 3.8) is 0 Å². The normalized spacial score (nSPS) is 13.6. The van der Waals surface area contributed by atoms with Crippen LogP contribution in [0.2, 0.25) is 0 Å². The second-order valence-electron chi connectivity index (χ2n) is 3.90. The first-order valence-corrected chi connectivity index (χ1v) is 5.93. The lowest BCUT2D eigenvalue weighted by atomic mass is 10.1. The van der Waals surface area contributed by atoms with Crippen LogP contribution in [-0.4, -0.2) is 24.5 Å². The standard InChI is InChI=1S/C15H17NO3/c1-4-6-13(15(18)19-5-2)16-14(17)12-9-7-11(3)8-10-12/h1,7-10,13H,5-6H2,2-3H3,(H,16,17)/t13-/m0/s1/i13D. The number of hydrogen-bond donors (Lipinski definition) is 1. The number of hydrogen-bond acceptors (Lipinski definition) is 3.